The molecule has 5 heteroatoms. The predicted molar refractivity (Wildman–Crippen MR) is 80.5 cm³/mol. The highest BCUT2D eigenvalue weighted by molar-refractivity contribution is 5.85. The Hall–Kier alpha value is -2.04. The van der Waals surface area contributed by atoms with E-state index in [-0.39, 0.29) is 5.91 Å². The topological polar surface area (TPSA) is 66.8 Å². The van der Waals surface area contributed by atoms with Gasteiger partial charge >= 0.3 is 5.97 Å². The molecule has 21 heavy (non-hydrogen) atoms. The van der Waals surface area contributed by atoms with E-state index in [0.717, 1.165) is 5.56 Å². The molecule has 0 radical (unpaired) electrons. The summed E-state index contributed by atoms with van der Waals surface area (Å²) in [5.74, 6) is -0.424. The van der Waals surface area contributed by atoms with Gasteiger partial charge in [-0.2, -0.15) is 0 Å². The van der Waals surface area contributed by atoms with Crippen molar-refractivity contribution in [1.29, 1.82) is 0 Å². The summed E-state index contributed by atoms with van der Waals surface area (Å²) in [5, 5.41) is 8.94. The van der Waals surface area contributed by atoms with Crippen molar-refractivity contribution < 1.29 is 19.4 Å². The Morgan fingerprint density at radius 2 is 1.81 bits per heavy atom. The van der Waals surface area contributed by atoms with E-state index in [1.165, 1.54) is 18.9 Å². The van der Waals surface area contributed by atoms with Crippen LogP contribution in [-0.2, 0) is 9.59 Å². The molecule has 5 nitrogen and oxygen atoms in total. The number of aliphatic carboxylic acids is 1. The summed E-state index contributed by atoms with van der Waals surface area (Å²) in [7, 11) is 1.46. The van der Waals surface area contributed by atoms with Gasteiger partial charge in [0.05, 0.1) is 0 Å². The molecule has 1 rings (SSSR count). The fraction of sp³-hybridized carbons (Fsp3) is 0.500. The van der Waals surface area contributed by atoms with Gasteiger partial charge in [-0.3, -0.25) is 4.79 Å². The van der Waals surface area contributed by atoms with E-state index in [1.807, 2.05) is 18.2 Å². The molecule has 0 saturated carbocycles. The van der Waals surface area contributed by atoms with E-state index in [9.17, 15) is 9.59 Å². The van der Waals surface area contributed by atoms with E-state index >= 15 is 0 Å². The number of ether oxygens (including phenoxy) is 1. The summed E-state index contributed by atoms with van der Waals surface area (Å²) in [6.07, 6.45) is -0.737. The zero-order chi connectivity index (χ0) is 16.2. The number of carbonyl (C=O) groups is 2. The zero-order valence-corrected chi connectivity index (χ0v) is 13.2. The van der Waals surface area contributed by atoms with Crippen LogP contribution < -0.4 is 4.74 Å². The van der Waals surface area contributed by atoms with Gasteiger partial charge in [-0.05, 0) is 37.5 Å². The smallest absolute Gasteiger partial charge is 0.326 e. The van der Waals surface area contributed by atoms with Crippen LogP contribution in [0.25, 0.3) is 0 Å². The highest BCUT2D eigenvalue weighted by Crippen LogP contribution is 2.21. The third-order valence-electron chi connectivity index (χ3n) is 3.47. The van der Waals surface area contributed by atoms with Gasteiger partial charge in [0.25, 0.3) is 5.91 Å². The molecule has 0 spiro atoms. The number of carboxylic acids is 1. The number of hydrogen-bond acceptors (Lipinski definition) is 3. The van der Waals surface area contributed by atoms with Gasteiger partial charge in [-0.25, -0.2) is 4.79 Å². The lowest BCUT2D eigenvalue weighted by atomic mass is 10.0. The van der Waals surface area contributed by atoms with E-state index in [0.29, 0.717) is 11.7 Å². The van der Waals surface area contributed by atoms with E-state index in [2.05, 4.69) is 13.8 Å². The first-order valence-corrected chi connectivity index (χ1v) is 7.00. The van der Waals surface area contributed by atoms with Crippen molar-refractivity contribution in [2.75, 3.05) is 7.05 Å². The molecular formula is C16H23NO4. The second kappa shape index (κ2) is 7.11. The third-order valence-corrected chi connectivity index (χ3v) is 3.47. The molecule has 116 valence electrons. The van der Waals surface area contributed by atoms with Crippen LogP contribution in [-0.4, -0.2) is 41.1 Å². The number of carboxylic acid groups (broad SMARTS) is 1. The Morgan fingerprint density at radius 3 is 2.33 bits per heavy atom. The molecule has 0 aliphatic carbocycles. The molecule has 1 aromatic rings. The van der Waals surface area contributed by atoms with E-state index in [1.54, 1.807) is 13.0 Å². The fourth-order valence-electron chi connectivity index (χ4n) is 1.84. The third kappa shape index (κ3) is 4.48. The minimum atomic E-state index is -1.04. The van der Waals surface area contributed by atoms with Crippen LogP contribution in [0.15, 0.2) is 24.3 Å². The van der Waals surface area contributed by atoms with Gasteiger partial charge in [0.2, 0.25) is 0 Å². The van der Waals surface area contributed by atoms with Crippen molar-refractivity contribution in [3.8, 4) is 5.75 Å². The van der Waals surface area contributed by atoms with Gasteiger partial charge in [0.1, 0.15) is 11.8 Å². The first-order chi connectivity index (χ1) is 9.73. The maximum atomic E-state index is 12.1. The lowest BCUT2D eigenvalue weighted by Crippen LogP contribution is -2.46. The maximum absolute atomic E-state index is 12.1. The Kier molecular flexibility index (Phi) is 5.76. The average Bonchev–Trinajstić information content (AvgIpc) is 2.44. The number of hydrogen-bond donors (Lipinski definition) is 1. The van der Waals surface area contributed by atoms with Gasteiger partial charge in [-0.15, -0.1) is 0 Å². The molecule has 0 aliphatic heterocycles. The molecule has 0 aliphatic rings. The zero-order valence-electron chi connectivity index (χ0n) is 13.2. The molecular weight excluding hydrogens is 270 g/mol. The highest BCUT2D eigenvalue weighted by Gasteiger charge is 2.26. The van der Waals surface area contributed by atoms with Crippen molar-refractivity contribution in [1.82, 2.24) is 4.90 Å². The Labute approximate surface area is 125 Å². The molecule has 0 aromatic heterocycles. The summed E-state index contributed by atoms with van der Waals surface area (Å²) < 4.78 is 5.63. The Bertz CT molecular complexity index is 513. The highest BCUT2D eigenvalue weighted by atomic mass is 16.5. The van der Waals surface area contributed by atoms with Gasteiger partial charge in [0, 0.05) is 7.05 Å². The number of benzene rings is 1. The molecule has 2 atom stereocenters. The van der Waals surface area contributed by atoms with Crippen molar-refractivity contribution in [3.63, 3.8) is 0 Å². The molecule has 0 bridgehead atoms. The van der Waals surface area contributed by atoms with Crippen LogP contribution in [0.1, 0.15) is 39.2 Å². The van der Waals surface area contributed by atoms with Crippen LogP contribution in [0.2, 0.25) is 0 Å². The second-order valence-corrected chi connectivity index (χ2v) is 5.45. The standard InChI is InChI=1S/C16H23NO4/c1-10(2)13-7-6-8-14(9-13)21-12(4)15(18)17(5)11(3)16(19)20/h6-12H,1-5H3,(H,19,20). The molecule has 1 N–H and O–H groups in total. The SMILES string of the molecule is CC(Oc1cccc(C(C)C)c1)C(=O)N(C)C(C)C(=O)O. The average molecular weight is 293 g/mol. The van der Waals surface area contributed by atoms with Crippen LogP contribution in [0.3, 0.4) is 0 Å². The molecule has 0 saturated heterocycles. The fourth-order valence-corrected chi connectivity index (χ4v) is 1.84. The van der Waals surface area contributed by atoms with Crippen molar-refractivity contribution >= 4 is 11.9 Å². The minimum absolute atomic E-state index is 0.361. The van der Waals surface area contributed by atoms with Gasteiger partial charge < -0.3 is 14.7 Å². The number of amides is 1. The quantitative estimate of drug-likeness (QED) is 0.875. The van der Waals surface area contributed by atoms with Crippen LogP contribution >= 0.6 is 0 Å². The summed E-state index contributed by atoms with van der Waals surface area (Å²) >= 11 is 0. The molecule has 2 unspecified atom stereocenters. The second-order valence-electron chi connectivity index (χ2n) is 5.45. The molecule has 1 aromatic carbocycles. The number of likely N-dealkylation sites (N-methyl/N-ethyl adjacent to an activating group) is 1. The van der Waals surface area contributed by atoms with Crippen LogP contribution in [0, 0.1) is 0 Å². The summed E-state index contributed by atoms with van der Waals surface area (Å²) in [5.41, 5.74) is 1.12. The van der Waals surface area contributed by atoms with Crippen molar-refractivity contribution in [2.24, 2.45) is 0 Å². The summed E-state index contributed by atoms with van der Waals surface area (Å²) in [6.45, 7) is 7.24. The van der Waals surface area contributed by atoms with Crippen LogP contribution in [0.5, 0.6) is 5.75 Å². The first kappa shape index (κ1) is 17.0. The molecule has 1 amide bonds. The monoisotopic (exact) mass is 293 g/mol. The molecule has 0 heterocycles. The van der Waals surface area contributed by atoms with E-state index < -0.39 is 18.1 Å². The van der Waals surface area contributed by atoms with Crippen molar-refractivity contribution in [2.45, 2.75) is 45.8 Å². The van der Waals surface area contributed by atoms with Gasteiger partial charge in [0.15, 0.2) is 6.10 Å². The van der Waals surface area contributed by atoms with Gasteiger partial charge in [-0.1, -0.05) is 26.0 Å². The number of nitrogens with zero attached hydrogens (tertiary/aromatic N) is 1. The number of carbonyl (C=O) groups excluding carboxylic acids is 1. The summed E-state index contributed by atoms with van der Waals surface area (Å²) in [4.78, 5) is 24.2. The molecule has 0 fully saturated rings. The maximum Gasteiger partial charge on any atom is 0.326 e. The number of rotatable bonds is 6. The largest absolute Gasteiger partial charge is 0.481 e. The minimum Gasteiger partial charge on any atom is -0.481 e. The normalized spacial score (nSPS) is 13.6. The first-order valence-electron chi connectivity index (χ1n) is 7.00. The lowest BCUT2D eigenvalue weighted by Gasteiger charge is -2.25. The Balaban J connectivity index is 2.76. The van der Waals surface area contributed by atoms with Crippen LogP contribution in [0.4, 0.5) is 0 Å². The van der Waals surface area contributed by atoms with Crippen molar-refractivity contribution in [3.05, 3.63) is 29.8 Å². The Morgan fingerprint density at radius 1 is 1.19 bits per heavy atom. The lowest BCUT2D eigenvalue weighted by molar-refractivity contribution is -0.150. The van der Waals surface area contributed by atoms with E-state index in [4.69, 9.17) is 9.84 Å². The predicted octanol–water partition coefficient (Wildman–Crippen LogP) is 2.51. The summed E-state index contributed by atoms with van der Waals surface area (Å²) in [6, 6.07) is 6.69.